The molecule has 1 aromatic carbocycles. The zero-order valence-corrected chi connectivity index (χ0v) is 11.9. The van der Waals surface area contributed by atoms with E-state index in [1.165, 1.54) is 0 Å². The summed E-state index contributed by atoms with van der Waals surface area (Å²) in [6.45, 7) is 1.93. The third-order valence-corrected chi connectivity index (χ3v) is 4.16. The molecule has 2 fully saturated rings. The second-order valence-electron chi connectivity index (χ2n) is 5.56. The van der Waals surface area contributed by atoms with Crippen molar-refractivity contribution in [1.29, 1.82) is 0 Å². The van der Waals surface area contributed by atoms with E-state index in [2.05, 4.69) is 0 Å². The van der Waals surface area contributed by atoms with Gasteiger partial charge in [-0.25, -0.2) is 0 Å². The summed E-state index contributed by atoms with van der Waals surface area (Å²) in [5.74, 6) is 0.232. The van der Waals surface area contributed by atoms with Crippen molar-refractivity contribution >= 4 is 23.6 Å². The maximum absolute atomic E-state index is 12.2. The standard InChI is InChI=1S/C16H19N3O2/c17-13-4-1-12(2-5-13)3-7-15(20)18-9-10-19-14(11-18)6-8-16(19)21/h1-5,7,14H,6,8-11,17H2/b7-3+. The lowest BCUT2D eigenvalue weighted by Gasteiger charge is -2.37. The molecule has 3 rings (SSSR count). The highest BCUT2D eigenvalue weighted by atomic mass is 16.2. The van der Waals surface area contributed by atoms with Crippen molar-refractivity contribution in [2.24, 2.45) is 0 Å². The van der Waals surface area contributed by atoms with Crippen LogP contribution in [0.25, 0.3) is 6.08 Å². The Bertz CT molecular complexity index is 580. The maximum Gasteiger partial charge on any atom is 0.246 e. The van der Waals surface area contributed by atoms with Crippen LogP contribution in [-0.4, -0.2) is 47.3 Å². The van der Waals surface area contributed by atoms with Gasteiger partial charge in [0.05, 0.1) is 0 Å². The van der Waals surface area contributed by atoms with Crippen molar-refractivity contribution in [1.82, 2.24) is 9.80 Å². The molecule has 1 unspecified atom stereocenters. The Morgan fingerprint density at radius 3 is 2.76 bits per heavy atom. The Hall–Kier alpha value is -2.30. The van der Waals surface area contributed by atoms with Crippen LogP contribution in [0.15, 0.2) is 30.3 Å². The monoisotopic (exact) mass is 285 g/mol. The zero-order chi connectivity index (χ0) is 14.8. The molecule has 5 nitrogen and oxygen atoms in total. The molecular formula is C16H19N3O2. The first-order chi connectivity index (χ1) is 10.1. The molecule has 2 N–H and O–H groups in total. The van der Waals surface area contributed by atoms with E-state index in [9.17, 15) is 9.59 Å². The Morgan fingerprint density at radius 1 is 1.24 bits per heavy atom. The van der Waals surface area contributed by atoms with Gasteiger partial charge < -0.3 is 15.5 Å². The molecule has 1 atom stereocenters. The van der Waals surface area contributed by atoms with Gasteiger partial charge in [-0.3, -0.25) is 9.59 Å². The first kappa shape index (κ1) is 13.7. The van der Waals surface area contributed by atoms with Crippen LogP contribution in [0, 0.1) is 0 Å². The predicted molar refractivity (Wildman–Crippen MR) is 81.2 cm³/mol. The molecule has 2 amide bonds. The summed E-state index contributed by atoms with van der Waals surface area (Å²) < 4.78 is 0. The average Bonchev–Trinajstić information content (AvgIpc) is 2.87. The van der Waals surface area contributed by atoms with Gasteiger partial charge >= 0.3 is 0 Å². The number of carbonyl (C=O) groups excluding carboxylic acids is 2. The van der Waals surface area contributed by atoms with Crippen molar-refractivity contribution in [2.75, 3.05) is 25.4 Å². The van der Waals surface area contributed by atoms with Gasteiger partial charge in [0.15, 0.2) is 0 Å². The zero-order valence-electron chi connectivity index (χ0n) is 11.9. The molecular weight excluding hydrogens is 266 g/mol. The second kappa shape index (κ2) is 5.60. The maximum atomic E-state index is 12.2. The highest BCUT2D eigenvalue weighted by Gasteiger charge is 2.36. The van der Waals surface area contributed by atoms with Crippen molar-refractivity contribution in [3.63, 3.8) is 0 Å². The van der Waals surface area contributed by atoms with E-state index in [-0.39, 0.29) is 17.9 Å². The van der Waals surface area contributed by atoms with Crippen LogP contribution >= 0.6 is 0 Å². The summed E-state index contributed by atoms with van der Waals surface area (Å²) in [5, 5.41) is 0. The van der Waals surface area contributed by atoms with E-state index in [1.807, 2.05) is 34.1 Å². The topological polar surface area (TPSA) is 66.6 Å². The normalized spacial score (nSPS) is 21.9. The van der Waals surface area contributed by atoms with E-state index in [4.69, 9.17) is 5.73 Å². The van der Waals surface area contributed by atoms with Crippen LogP contribution in [0.2, 0.25) is 0 Å². The van der Waals surface area contributed by atoms with Crippen LogP contribution in [0.3, 0.4) is 0 Å². The fourth-order valence-electron chi connectivity index (χ4n) is 2.94. The van der Waals surface area contributed by atoms with Gasteiger partial charge in [0.1, 0.15) is 0 Å². The molecule has 0 aliphatic carbocycles. The summed E-state index contributed by atoms with van der Waals surface area (Å²) in [6, 6.07) is 7.60. The number of piperazine rings is 1. The molecule has 2 heterocycles. The smallest absolute Gasteiger partial charge is 0.246 e. The predicted octanol–water partition coefficient (Wildman–Crippen LogP) is 1.12. The van der Waals surface area contributed by atoms with Crippen LogP contribution < -0.4 is 5.73 Å². The number of carbonyl (C=O) groups is 2. The Morgan fingerprint density at radius 2 is 2.00 bits per heavy atom. The molecule has 0 saturated carbocycles. The quantitative estimate of drug-likeness (QED) is 0.654. The minimum atomic E-state index is 0.00539. The van der Waals surface area contributed by atoms with Crippen molar-refractivity contribution in [3.8, 4) is 0 Å². The lowest BCUT2D eigenvalue weighted by Crippen LogP contribution is -2.52. The number of benzene rings is 1. The number of hydrogen-bond donors (Lipinski definition) is 1. The van der Waals surface area contributed by atoms with Gasteiger partial charge in [-0.15, -0.1) is 0 Å². The second-order valence-corrected chi connectivity index (χ2v) is 5.56. The van der Waals surface area contributed by atoms with Gasteiger partial charge in [-0.1, -0.05) is 12.1 Å². The van der Waals surface area contributed by atoms with Crippen LogP contribution in [-0.2, 0) is 9.59 Å². The number of hydrogen-bond acceptors (Lipinski definition) is 3. The van der Waals surface area contributed by atoms with Gasteiger partial charge in [0, 0.05) is 43.9 Å². The molecule has 0 radical (unpaired) electrons. The number of nitrogens with zero attached hydrogens (tertiary/aromatic N) is 2. The fourth-order valence-corrected chi connectivity index (χ4v) is 2.94. The first-order valence-corrected chi connectivity index (χ1v) is 7.25. The van der Waals surface area contributed by atoms with Gasteiger partial charge in [0.25, 0.3) is 0 Å². The first-order valence-electron chi connectivity index (χ1n) is 7.25. The number of rotatable bonds is 2. The largest absolute Gasteiger partial charge is 0.399 e. The van der Waals surface area contributed by atoms with Gasteiger partial charge in [0.2, 0.25) is 11.8 Å². The summed E-state index contributed by atoms with van der Waals surface area (Å²) in [7, 11) is 0. The van der Waals surface area contributed by atoms with E-state index < -0.39 is 0 Å². The Balaban J connectivity index is 1.61. The lowest BCUT2D eigenvalue weighted by molar-refractivity contribution is -0.136. The summed E-state index contributed by atoms with van der Waals surface area (Å²) in [5.41, 5.74) is 7.29. The van der Waals surface area contributed by atoms with Crippen molar-refractivity contribution in [3.05, 3.63) is 35.9 Å². The number of nitrogens with two attached hydrogens (primary N) is 1. The molecule has 110 valence electrons. The Kier molecular flexibility index (Phi) is 3.64. The highest BCUT2D eigenvalue weighted by Crippen LogP contribution is 2.23. The summed E-state index contributed by atoms with van der Waals surface area (Å²) in [6.07, 6.45) is 4.88. The van der Waals surface area contributed by atoms with Crippen LogP contribution in [0.1, 0.15) is 18.4 Å². The number of anilines is 1. The number of nitrogen functional groups attached to an aromatic ring is 1. The van der Waals surface area contributed by atoms with E-state index in [1.54, 1.807) is 12.2 Å². The molecule has 2 saturated heterocycles. The molecule has 2 aliphatic heterocycles. The van der Waals surface area contributed by atoms with Crippen molar-refractivity contribution in [2.45, 2.75) is 18.9 Å². The number of amides is 2. The van der Waals surface area contributed by atoms with Crippen LogP contribution in [0.5, 0.6) is 0 Å². The molecule has 5 heteroatoms. The van der Waals surface area contributed by atoms with E-state index in [0.717, 1.165) is 12.0 Å². The Labute approximate surface area is 124 Å². The molecule has 0 bridgehead atoms. The van der Waals surface area contributed by atoms with Gasteiger partial charge in [-0.2, -0.15) is 0 Å². The molecule has 1 aromatic rings. The average molecular weight is 285 g/mol. The number of fused-ring (bicyclic) bond motifs is 1. The minimum Gasteiger partial charge on any atom is -0.399 e. The molecule has 21 heavy (non-hydrogen) atoms. The van der Waals surface area contributed by atoms with E-state index >= 15 is 0 Å². The SMILES string of the molecule is Nc1ccc(/C=C/C(=O)N2CCN3C(=O)CCC3C2)cc1. The summed E-state index contributed by atoms with van der Waals surface area (Å²) in [4.78, 5) is 27.6. The highest BCUT2D eigenvalue weighted by molar-refractivity contribution is 5.92. The third kappa shape index (κ3) is 2.91. The summed E-state index contributed by atoms with van der Waals surface area (Å²) >= 11 is 0. The van der Waals surface area contributed by atoms with E-state index in [0.29, 0.717) is 31.7 Å². The fraction of sp³-hybridized carbons (Fsp3) is 0.375. The minimum absolute atomic E-state index is 0.00539. The third-order valence-electron chi connectivity index (χ3n) is 4.16. The molecule has 0 aromatic heterocycles. The molecule has 0 spiro atoms. The lowest BCUT2D eigenvalue weighted by atomic mass is 10.1. The van der Waals surface area contributed by atoms with Gasteiger partial charge in [-0.05, 0) is 30.2 Å². The van der Waals surface area contributed by atoms with Crippen LogP contribution in [0.4, 0.5) is 5.69 Å². The van der Waals surface area contributed by atoms with Crippen molar-refractivity contribution < 1.29 is 9.59 Å². The molecule has 2 aliphatic rings.